The molecule has 4 rings (SSSR count). The molecule has 0 bridgehead atoms. The van der Waals surface area contributed by atoms with Gasteiger partial charge in [-0.15, -0.1) is 0 Å². The number of thiazole rings is 1. The number of hydrogen-bond acceptors (Lipinski definition) is 6. The van der Waals surface area contributed by atoms with Crippen LogP contribution in [0.1, 0.15) is 23.3 Å². The van der Waals surface area contributed by atoms with E-state index in [1.165, 1.54) is 23.1 Å². The topological polar surface area (TPSA) is 68.4 Å². The smallest absolute Gasteiger partial charge is 0.319 e. The lowest BCUT2D eigenvalue weighted by molar-refractivity contribution is -0.144. The fourth-order valence-electron chi connectivity index (χ4n) is 3.26. The van der Waals surface area contributed by atoms with Gasteiger partial charge in [0.15, 0.2) is 0 Å². The minimum Gasteiger partial charge on any atom is -0.493 e. The van der Waals surface area contributed by atoms with Crippen molar-refractivity contribution in [3.63, 3.8) is 0 Å². The first-order chi connectivity index (χ1) is 11.2. The van der Waals surface area contributed by atoms with Crippen molar-refractivity contribution >= 4 is 29.1 Å². The van der Waals surface area contributed by atoms with E-state index in [0.717, 1.165) is 21.2 Å². The molecular formula is C16H15NO4S2. The first kappa shape index (κ1) is 14.8. The van der Waals surface area contributed by atoms with E-state index in [4.69, 9.17) is 9.47 Å². The molecule has 3 atom stereocenters. The van der Waals surface area contributed by atoms with Gasteiger partial charge in [-0.05, 0) is 13.0 Å². The number of benzene rings is 1. The molecule has 7 heteroatoms. The summed E-state index contributed by atoms with van der Waals surface area (Å²) < 4.78 is 11.1. The molecule has 0 spiro atoms. The number of aromatic nitrogens is 1. The predicted octanol–water partition coefficient (Wildman–Crippen LogP) is 2.61. The zero-order chi connectivity index (χ0) is 16.0. The number of aromatic amines is 1. The van der Waals surface area contributed by atoms with E-state index in [9.17, 15) is 9.59 Å². The number of H-pyrrole nitrogens is 1. The lowest BCUT2D eigenvalue weighted by Crippen LogP contribution is -2.41. The van der Waals surface area contributed by atoms with Gasteiger partial charge in [0.25, 0.3) is 0 Å². The average Bonchev–Trinajstić information content (AvgIpc) is 2.93. The van der Waals surface area contributed by atoms with Crippen LogP contribution in [0, 0.1) is 5.92 Å². The fourth-order valence-corrected chi connectivity index (χ4v) is 5.74. The number of ether oxygens (including phenoxy) is 2. The van der Waals surface area contributed by atoms with E-state index < -0.39 is 0 Å². The zero-order valence-corrected chi connectivity index (χ0v) is 14.0. The van der Waals surface area contributed by atoms with Gasteiger partial charge < -0.3 is 14.5 Å². The molecule has 1 aromatic heterocycles. The van der Waals surface area contributed by atoms with Crippen molar-refractivity contribution in [3.8, 4) is 5.75 Å². The summed E-state index contributed by atoms with van der Waals surface area (Å²) in [5, 5.41) is 0.419. The van der Waals surface area contributed by atoms with Gasteiger partial charge in [-0.3, -0.25) is 9.59 Å². The number of nitrogens with one attached hydrogen (secondary N) is 1. The van der Waals surface area contributed by atoms with Crippen molar-refractivity contribution in [2.24, 2.45) is 5.92 Å². The SMILES string of the molecule is CCOC(=O)[C@H]1Sc2[nH]c(=O)sc2[C@@H]2c3ccccc3OC[C@H]21. The molecule has 0 saturated heterocycles. The Labute approximate surface area is 141 Å². The number of rotatable bonds is 2. The number of thioether (sulfide) groups is 1. The number of esters is 1. The lowest BCUT2D eigenvalue weighted by Gasteiger charge is -2.39. The van der Waals surface area contributed by atoms with Crippen molar-refractivity contribution in [2.75, 3.05) is 13.2 Å². The van der Waals surface area contributed by atoms with Gasteiger partial charge in [-0.25, -0.2) is 0 Å². The summed E-state index contributed by atoms with van der Waals surface area (Å²) >= 11 is 2.61. The van der Waals surface area contributed by atoms with Crippen LogP contribution in [0.2, 0.25) is 0 Å². The van der Waals surface area contributed by atoms with Crippen LogP contribution in [-0.4, -0.2) is 29.4 Å². The van der Waals surface area contributed by atoms with E-state index >= 15 is 0 Å². The summed E-state index contributed by atoms with van der Waals surface area (Å²) in [4.78, 5) is 28.0. The van der Waals surface area contributed by atoms with Crippen LogP contribution >= 0.6 is 23.1 Å². The Morgan fingerprint density at radius 1 is 1.43 bits per heavy atom. The van der Waals surface area contributed by atoms with Crippen molar-refractivity contribution in [3.05, 3.63) is 44.4 Å². The summed E-state index contributed by atoms with van der Waals surface area (Å²) in [7, 11) is 0. The Bertz CT molecular complexity index is 812. The van der Waals surface area contributed by atoms with E-state index in [0.29, 0.717) is 13.2 Å². The van der Waals surface area contributed by atoms with Gasteiger partial charge in [-0.1, -0.05) is 41.3 Å². The molecule has 120 valence electrons. The largest absolute Gasteiger partial charge is 0.493 e. The third-order valence-electron chi connectivity index (χ3n) is 4.19. The highest BCUT2D eigenvalue weighted by atomic mass is 32.2. The van der Waals surface area contributed by atoms with Crippen molar-refractivity contribution < 1.29 is 14.3 Å². The lowest BCUT2D eigenvalue weighted by atomic mass is 9.80. The highest BCUT2D eigenvalue weighted by molar-refractivity contribution is 8.00. The summed E-state index contributed by atoms with van der Waals surface area (Å²) in [5.74, 6) is 0.547. The van der Waals surface area contributed by atoms with Crippen LogP contribution in [-0.2, 0) is 9.53 Å². The summed E-state index contributed by atoms with van der Waals surface area (Å²) in [6, 6.07) is 7.83. The molecule has 0 fully saturated rings. The van der Waals surface area contributed by atoms with Crippen molar-refractivity contribution in [1.29, 1.82) is 0 Å². The quantitative estimate of drug-likeness (QED) is 0.844. The maximum Gasteiger partial charge on any atom is 0.319 e. The van der Waals surface area contributed by atoms with Crippen LogP contribution in [0.4, 0.5) is 0 Å². The third kappa shape index (κ3) is 2.38. The summed E-state index contributed by atoms with van der Waals surface area (Å²) in [6.07, 6.45) is 0. The maximum atomic E-state index is 12.4. The van der Waals surface area contributed by atoms with E-state index in [1.807, 2.05) is 24.3 Å². The molecule has 0 radical (unpaired) electrons. The molecule has 0 unspecified atom stereocenters. The molecule has 0 saturated carbocycles. The van der Waals surface area contributed by atoms with Gasteiger partial charge in [0.1, 0.15) is 11.0 Å². The second-order valence-electron chi connectivity index (χ2n) is 5.49. The number of carbonyl (C=O) groups is 1. The number of fused-ring (bicyclic) bond motifs is 5. The zero-order valence-electron chi connectivity index (χ0n) is 12.4. The second kappa shape index (κ2) is 5.72. The first-order valence-corrected chi connectivity index (χ1v) is 9.16. The molecule has 2 aliphatic rings. The normalized spacial score (nSPS) is 24.8. The predicted molar refractivity (Wildman–Crippen MR) is 88.5 cm³/mol. The van der Waals surface area contributed by atoms with Crippen molar-refractivity contribution in [1.82, 2.24) is 4.98 Å². The summed E-state index contributed by atoms with van der Waals surface area (Å²) in [6.45, 7) is 2.59. The molecule has 2 aromatic rings. The minimum absolute atomic E-state index is 0.00504. The minimum atomic E-state index is -0.369. The van der Waals surface area contributed by atoms with Gasteiger partial charge >= 0.3 is 10.8 Å². The Hall–Kier alpha value is -1.73. The van der Waals surface area contributed by atoms with Gasteiger partial charge in [-0.2, -0.15) is 0 Å². The maximum absolute atomic E-state index is 12.4. The van der Waals surface area contributed by atoms with Gasteiger partial charge in [0, 0.05) is 22.3 Å². The monoisotopic (exact) mass is 349 g/mol. The molecule has 0 amide bonds. The first-order valence-electron chi connectivity index (χ1n) is 7.47. The van der Waals surface area contributed by atoms with Crippen LogP contribution in [0.5, 0.6) is 5.75 Å². The Morgan fingerprint density at radius 3 is 3.09 bits per heavy atom. The molecular weight excluding hydrogens is 334 g/mol. The fraction of sp³-hybridized carbons (Fsp3) is 0.375. The Balaban J connectivity index is 1.85. The van der Waals surface area contributed by atoms with Crippen LogP contribution in [0.3, 0.4) is 0 Å². The molecule has 1 N–H and O–H groups in total. The number of hydrogen-bond donors (Lipinski definition) is 1. The standard InChI is InChI=1S/C16H15NO4S2/c1-2-20-15(18)12-9-7-21-10-6-4-3-5-8(10)11(9)13-14(22-12)17-16(19)23-13/h3-6,9,11-12H,2,7H2,1H3,(H,17,19)/t9-,11-,12+/m1/s1. The molecule has 0 aliphatic carbocycles. The summed E-state index contributed by atoms with van der Waals surface area (Å²) in [5.41, 5.74) is 1.04. The van der Waals surface area contributed by atoms with Gasteiger partial charge in [0.05, 0.1) is 18.2 Å². The van der Waals surface area contributed by atoms with Gasteiger partial charge in [0.2, 0.25) is 0 Å². The molecule has 5 nitrogen and oxygen atoms in total. The second-order valence-corrected chi connectivity index (χ2v) is 7.66. The van der Waals surface area contributed by atoms with Crippen molar-refractivity contribution in [2.45, 2.75) is 23.1 Å². The molecule has 2 aliphatic heterocycles. The Kier molecular flexibility index (Phi) is 3.69. The number of carbonyl (C=O) groups excluding carboxylic acids is 1. The van der Waals surface area contributed by atoms with E-state index in [2.05, 4.69) is 4.98 Å². The highest BCUT2D eigenvalue weighted by Crippen LogP contribution is 2.53. The average molecular weight is 349 g/mol. The number of para-hydroxylation sites is 1. The molecule has 1 aromatic carbocycles. The van der Waals surface area contributed by atoms with E-state index in [-0.39, 0.29) is 27.9 Å². The van der Waals surface area contributed by atoms with Crippen LogP contribution < -0.4 is 9.61 Å². The van der Waals surface area contributed by atoms with Crippen LogP contribution in [0.25, 0.3) is 0 Å². The van der Waals surface area contributed by atoms with E-state index in [1.54, 1.807) is 6.92 Å². The molecule has 23 heavy (non-hydrogen) atoms. The Morgan fingerprint density at radius 2 is 2.26 bits per heavy atom. The molecule has 3 heterocycles. The van der Waals surface area contributed by atoms with Crippen LogP contribution in [0.15, 0.2) is 34.1 Å². The highest BCUT2D eigenvalue weighted by Gasteiger charge is 2.47. The third-order valence-corrected chi connectivity index (χ3v) is 6.64.